The lowest BCUT2D eigenvalue weighted by molar-refractivity contribution is 0.870. The molecule has 6 heteroatoms. The van der Waals surface area contributed by atoms with Crippen molar-refractivity contribution >= 4 is 46.4 Å². The number of benzene rings is 5. The molecule has 2 aliphatic heterocycles. The van der Waals surface area contributed by atoms with Crippen molar-refractivity contribution in [3.63, 3.8) is 0 Å². The average Bonchev–Trinajstić information content (AvgIpc) is 4.17. The maximum Gasteiger partial charge on any atom is 0.0765 e. The number of hydrogen-bond acceptors (Lipinski definition) is 3. The Morgan fingerprint density at radius 3 is 1.27 bits per heavy atom. The smallest absolute Gasteiger partial charge is 0.0765 e. The van der Waals surface area contributed by atoms with Crippen LogP contribution in [0.15, 0.2) is 176 Å². The van der Waals surface area contributed by atoms with Crippen molar-refractivity contribution in [2.45, 2.75) is 6.92 Å². The monoisotopic (exact) mass is 770 g/mol. The molecule has 2 N–H and O–H groups in total. The number of hydrogen-bond donors (Lipinski definition) is 2. The van der Waals surface area contributed by atoms with Crippen LogP contribution in [0, 0.1) is 6.92 Å². The van der Waals surface area contributed by atoms with E-state index in [9.17, 15) is 0 Å². The van der Waals surface area contributed by atoms with Gasteiger partial charge < -0.3 is 9.97 Å². The van der Waals surface area contributed by atoms with Crippen LogP contribution >= 0.6 is 0 Å². The Hall–Kier alpha value is -8.09. The van der Waals surface area contributed by atoms with E-state index in [-0.39, 0.29) is 0 Å². The molecule has 0 amide bonds. The van der Waals surface area contributed by atoms with E-state index in [1.165, 1.54) is 0 Å². The molecule has 9 aromatic rings. The summed E-state index contributed by atoms with van der Waals surface area (Å²) in [5.41, 5.74) is 19.4. The van der Waals surface area contributed by atoms with Crippen LogP contribution in [0.4, 0.5) is 0 Å². The lowest BCUT2D eigenvalue weighted by Gasteiger charge is -2.09. The van der Waals surface area contributed by atoms with Gasteiger partial charge in [-0.2, -0.15) is 5.10 Å². The fourth-order valence-corrected chi connectivity index (χ4v) is 8.58. The Balaban J connectivity index is 1.37. The molecular formula is C54H38N6. The quantitative estimate of drug-likeness (QED) is 0.177. The molecule has 0 saturated heterocycles. The summed E-state index contributed by atoms with van der Waals surface area (Å²) in [5.74, 6) is 0. The van der Waals surface area contributed by atoms with Crippen LogP contribution < -0.4 is 0 Å². The third-order valence-corrected chi connectivity index (χ3v) is 11.2. The van der Waals surface area contributed by atoms with E-state index < -0.39 is 0 Å². The van der Waals surface area contributed by atoms with Gasteiger partial charge in [-0.3, -0.25) is 0 Å². The predicted molar refractivity (Wildman–Crippen MR) is 248 cm³/mol. The predicted octanol–water partition coefficient (Wildman–Crippen LogP) is 13.5. The molecule has 0 unspecified atom stereocenters. The van der Waals surface area contributed by atoms with Crippen molar-refractivity contribution in [1.29, 1.82) is 0 Å². The zero-order valence-corrected chi connectivity index (χ0v) is 32.8. The molecule has 0 saturated carbocycles. The number of H-pyrrole nitrogens is 2. The lowest BCUT2D eigenvalue weighted by Crippen LogP contribution is -1.99. The highest BCUT2D eigenvalue weighted by Gasteiger charge is 2.23. The van der Waals surface area contributed by atoms with Crippen molar-refractivity contribution in [2.75, 3.05) is 0 Å². The van der Waals surface area contributed by atoms with Crippen molar-refractivity contribution in [3.8, 4) is 61.5 Å². The zero-order valence-electron chi connectivity index (χ0n) is 32.8. The standard InChI is InChI=1S/C54H38N6/c1-35-33-49(60(59-35)40-25-15-6-16-26-40)41-34-48-52(38-21-11-4-12-22-38)46-30-29-44(56-46)50(36-17-7-2-8-18-36)42-27-28-43(55-42)51(37-19-9-3-10-20-37)45-31-32-47(57-45)53(54(41)58-48)39-23-13-5-14-24-39/h2-34,55,58H,1H3. The Bertz CT molecular complexity index is 3280. The summed E-state index contributed by atoms with van der Waals surface area (Å²) < 4.78 is 2.05. The van der Waals surface area contributed by atoms with Crippen LogP contribution in [0.1, 0.15) is 28.5 Å². The van der Waals surface area contributed by atoms with Gasteiger partial charge in [0.1, 0.15) is 0 Å². The number of fused-ring (bicyclic) bond motifs is 8. The molecule has 284 valence electrons. The first-order valence-corrected chi connectivity index (χ1v) is 20.2. The SMILES string of the molecule is Cc1cc(-c2cc3[nH]c2c(-c2ccccc2)c2nc(c(-c4ccccc4)c4ccc([nH]4)c(-c4ccccc4)c4nc(c3-c3ccccc3)C=C4)C=C2)n(-c2ccccc2)n1. The van der Waals surface area contributed by atoms with Crippen LogP contribution in [-0.2, 0) is 0 Å². The topological polar surface area (TPSA) is 75.2 Å². The summed E-state index contributed by atoms with van der Waals surface area (Å²) in [7, 11) is 0. The van der Waals surface area contributed by atoms with Gasteiger partial charge >= 0.3 is 0 Å². The Kier molecular flexibility index (Phi) is 8.59. The molecule has 0 aliphatic carbocycles. The number of nitrogens with one attached hydrogen (secondary N) is 2. The molecule has 0 spiro atoms. The third-order valence-electron chi connectivity index (χ3n) is 11.2. The number of aryl methyl sites for hydroxylation is 1. The van der Waals surface area contributed by atoms with Gasteiger partial charge in [0.25, 0.3) is 0 Å². The van der Waals surface area contributed by atoms with E-state index in [4.69, 9.17) is 15.1 Å². The summed E-state index contributed by atoms with van der Waals surface area (Å²) in [6, 6.07) is 61.3. The van der Waals surface area contributed by atoms with Crippen LogP contribution in [0.5, 0.6) is 0 Å². The second-order valence-electron chi connectivity index (χ2n) is 15.1. The first kappa shape index (κ1) is 35.1. The zero-order chi connectivity index (χ0) is 40.0. The summed E-state index contributed by atoms with van der Waals surface area (Å²) in [6.45, 7) is 2.05. The lowest BCUT2D eigenvalue weighted by atomic mass is 10.0. The largest absolute Gasteiger partial charge is 0.354 e. The molecule has 0 radical (unpaired) electrons. The van der Waals surface area contributed by atoms with Gasteiger partial charge in [-0.25, -0.2) is 14.6 Å². The molecule has 0 atom stereocenters. The van der Waals surface area contributed by atoms with Gasteiger partial charge in [0, 0.05) is 44.4 Å². The van der Waals surface area contributed by atoms with E-state index in [1.807, 2.05) is 10.7 Å². The molecule has 11 rings (SSSR count). The minimum absolute atomic E-state index is 0.854. The number of aromatic amines is 2. The number of para-hydroxylation sites is 1. The van der Waals surface area contributed by atoms with Crippen molar-refractivity contribution < 1.29 is 0 Å². The number of rotatable bonds is 6. The van der Waals surface area contributed by atoms with Crippen LogP contribution in [0.3, 0.4) is 0 Å². The summed E-state index contributed by atoms with van der Waals surface area (Å²) >= 11 is 0. The van der Waals surface area contributed by atoms with Crippen LogP contribution in [0.2, 0.25) is 0 Å². The highest BCUT2D eigenvalue weighted by atomic mass is 15.3. The van der Waals surface area contributed by atoms with Gasteiger partial charge in [0.05, 0.1) is 45.4 Å². The van der Waals surface area contributed by atoms with Crippen molar-refractivity contribution in [3.05, 3.63) is 204 Å². The summed E-state index contributed by atoms with van der Waals surface area (Å²) in [6.07, 6.45) is 8.59. The van der Waals surface area contributed by atoms with E-state index >= 15 is 0 Å². The molecule has 60 heavy (non-hydrogen) atoms. The van der Waals surface area contributed by atoms with Gasteiger partial charge in [-0.1, -0.05) is 140 Å². The highest BCUT2D eigenvalue weighted by Crippen LogP contribution is 2.42. The van der Waals surface area contributed by atoms with Crippen LogP contribution in [-0.4, -0.2) is 29.7 Å². The van der Waals surface area contributed by atoms with Gasteiger partial charge in [0.2, 0.25) is 0 Å². The summed E-state index contributed by atoms with van der Waals surface area (Å²) in [4.78, 5) is 18.9. The molecule has 2 aliphatic rings. The van der Waals surface area contributed by atoms with Gasteiger partial charge in [-0.05, 0) is 89.9 Å². The fraction of sp³-hybridized carbons (Fsp3) is 0.0185. The Morgan fingerprint density at radius 2 is 0.800 bits per heavy atom. The van der Waals surface area contributed by atoms with Gasteiger partial charge in [0.15, 0.2) is 0 Å². The first-order valence-electron chi connectivity index (χ1n) is 20.2. The molecule has 6 nitrogen and oxygen atoms in total. The highest BCUT2D eigenvalue weighted by molar-refractivity contribution is 6.04. The van der Waals surface area contributed by atoms with E-state index in [0.717, 1.165) is 112 Å². The molecule has 4 aromatic heterocycles. The van der Waals surface area contributed by atoms with E-state index in [1.54, 1.807) is 0 Å². The number of nitrogens with zero attached hydrogens (tertiary/aromatic N) is 4. The second-order valence-corrected chi connectivity index (χ2v) is 15.1. The van der Waals surface area contributed by atoms with E-state index in [0.29, 0.717) is 0 Å². The molecule has 6 heterocycles. The average molecular weight is 771 g/mol. The maximum atomic E-state index is 5.55. The maximum absolute atomic E-state index is 5.55. The molecule has 8 bridgehead atoms. The fourth-order valence-electron chi connectivity index (χ4n) is 8.58. The molecular weight excluding hydrogens is 733 g/mol. The number of aromatic nitrogens is 6. The third kappa shape index (κ3) is 6.19. The minimum Gasteiger partial charge on any atom is -0.354 e. The molecule has 0 fully saturated rings. The summed E-state index contributed by atoms with van der Waals surface area (Å²) in [5, 5.41) is 5.06. The second kappa shape index (κ2) is 14.7. The minimum atomic E-state index is 0.854. The Morgan fingerprint density at radius 1 is 0.400 bits per heavy atom. The molecule has 5 aromatic carbocycles. The normalized spacial score (nSPS) is 11.9. The van der Waals surface area contributed by atoms with Gasteiger partial charge in [-0.15, -0.1) is 0 Å². The van der Waals surface area contributed by atoms with Crippen LogP contribution in [0.25, 0.3) is 108 Å². The van der Waals surface area contributed by atoms with Crippen molar-refractivity contribution in [2.24, 2.45) is 0 Å². The van der Waals surface area contributed by atoms with Crippen molar-refractivity contribution in [1.82, 2.24) is 29.7 Å². The Labute approximate surface area is 347 Å². The first-order chi connectivity index (χ1) is 29.7. The van der Waals surface area contributed by atoms with E-state index in [2.05, 4.69) is 211 Å².